The number of carbonyl (C=O) groups excluding carboxylic acids is 2. The third-order valence-electron chi connectivity index (χ3n) is 3.90. The van der Waals surface area contributed by atoms with Crippen LogP contribution in [-0.4, -0.2) is 50.6 Å². The maximum absolute atomic E-state index is 12.4. The second kappa shape index (κ2) is 8.47. The Morgan fingerprint density at radius 2 is 2.04 bits per heavy atom. The van der Waals surface area contributed by atoms with E-state index in [1.165, 1.54) is 4.90 Å². The van der Waals surface area contributed by atoms with E-state index in [0.717, 1.165) is 11.1 Å². The predicted octanol–water partition coefficient (Wildman–Crippen LogP) is 2.68. The lowest BCUT2D eigenvalue weighted by molar-refractivity contribution is -0.135. The summed E-state index contributed by atoms with van der Waals surface area (Å²) in [6.45, 7) is 8.14. The van der Waals surface area contributed by atoms with Gasteiger partial charge in [0.1, 0.15) is 0 Å². The monoisotopic (exact) mass is 389 g/mol. The molecule has 2 rings (SSSR count). The van der Waals surface area contributed by atoms with Gasteiger partial charge in [-0.3, -0.25) is 19.3 Å². The number of hydrogen-bond acceptors (Lipinski definition) is 4. The molecule has 1 aromatic heterocycles. The minimum Gasteiger partial charge on any atom is -0.350 e. The number of nitrogens with zero attached hydrogens (tertiary/aromatic N) is 3. The maximum Gasteiger partial charge on any atom is 0.240 e. The van der Waals surface area contributed by atoms with Crippen LogP contribution in [0.5, 0.6) is 0 Å². The number of aromatic nitrogens is 3. The molecule has 8 heteroatoms. The van der Waals surface area contributed by atoms with Crippen LogP contribution < -0.4 is 5.32 Å². The van der Waals surface area contributed by atoms with Crippen molar-refractivity contribution >= 4 is 24.0 Å². The van der Waals surface area contributed by atoms with Crippen LogP contribution in [0.25, 0.3) is 11.4 Å². The SMILES string of the molecule is Cc1cccc(-c2n[nH]c(=S)n2CCC(=O)N(C)CC(=O)NC(C)(C)C)c1. The zero-order valence-electron chi connectivity index (χ0n) is 16.5. The van der Waals surface area contributed by atoms with Crippen LogP contribution in [0.1, 0.15) is 32.8 Å². The summed E-state index contributed by atoms with van der Waals surface area (Å²) >= 11 is 5.31. The summed E-state index contributed by atoms with van der Waals surface area (Å²) in [5.41, 5.74) is 1.73. The summed E-state index contributed by atoms with van der Waals surface area (Å²) in [6.07, 6.45) is 0.228. The Labute approximate surface area is 164 Å². The second-order valence-corrected chi connectivity index (χ2v) is 8.06. The van der Waals surface area contributed by atoms with Crippen molar-refractivity contribution in [3.05, 3.63) is 34.6 Å². The number of carbonyl (C=O) groups is 2. The number of nitrogens with one attached hydrogen (secondary N) is 2. The highest BCUT2D eigenvalue weighted by atomic mass is 32.1. The van der Waals surface area contributed by atoms with Gasteiger partial charge in [-0.05, 0) is 46.0 Å². The Kier molecular flexibility index (Phi) is 6.54. The Bertz CT molecular complexity index is 879. The largest absolute Gasteiger partial charge is 0.350 e. The molecule has 0 radical (unpaired) electrons. The normalized spacial score (nSPS) is 11.3. The van der Waals surface area contributed by atoms with E-state index in [9.17, 15) is 9.59 Å². The lowest BCUT2D eigenvalue weighted by Crippen LogP contribution is -2.46. The molecule has 0 unspecified atom stereocenters. The van der Waals surface area contributed by atoms with Crippen LogP contribution >= 0.6 is 12.2 Å². The molecular weight excluding hydrogens is 362 g/mol. The Balaban J connectivity index is 2.02. The minimum absolute atomic E-state index is 0.0254. The number of likely N-dealkylation sites (N-methyl/N-ethyl adjacent to an activating group) is 1. The fourth-order valence-electron chi connectivity index (χ4n) is 2.69. The molecule has 0 spiro atoms. The van der Waals surface area contributed by atoms with Gasteiger partial charge in [-0.2, -0.15) is 5.10 Å². The van der Waals surface area contributed by atoms with Gasteiger partial charge in [0.25, 0.3) is 0 Å². The van der Waals surface area contributed by atoms with Gasteiger partial charge in [0, 0.05) is 31.1 Å². The number of aryl methyl sites for hydroxylation is 1. The number of H-pyrrole nitrogens is 1. The van der Waals surface area contributed by atoms with Crippen LogP contribution in [0.15, 0.2) is 24.3 Å². The van der Waals surface area contributed by atoms with Crippen LogP contribution in [-0.2, 0) is 16.1 Å². The van der Waals surface area contributed by atoms with Gasteiger partial charge in [-0.15, -0.1) is 0 Å². The quantitative estimate of drug-likeness (QED) is 0.744. The highest BCUT2D eigenvalue weighted by Crippen LogP contribution is 2.19. The average Bonchev–Trinajstić information content (AvgIpc) is 2.91. The molecule has 1 aromatic carbocycles. The topological polar surface area (TPSA) is 83.0 Å². The summed E-state index contributed by atoms with van der Waals surface area (Å²) in [5, 5.41) is 9.94. The van der Waals surface area contributed by atoms with E-state index < -0.39 is 0 Å². The zero-order valence-corrected chi connectivity index (χ0v) is 17.3. The first kappa shape index (κ1) is 20.8. The first-order valence-corrected chi connectivity index (χ1v) is 9.25. The number of aromatic amines is 1. The molecule has 0 aliphatic heterocycles. The van der Waals surface area contributed by atoms with Crippen molar-refractivity contribution in [3.8, 4) is 11.4 Å². The summed E-state index contributed by atoms with van der Waals surface area (Å²) < 4.78 is 2.28. The first-order valence-electron chi connectivity index (χ1n) is 8.84. The second-order valence-electron chi connectivity index (χ2n) is 7.67. The molecule has 0 bridgehead atoms. The fraction of sp³-hybridized carbons (Fsp3) is 0.474. The summed E-state index contributed by atoms with van der Waals surface area (Å²) in [4.78, 5) is 25.8. The molecule has 0 saturated carbocycles. The molecule has 0 aliphatic carbocycles. The van der Waals surface area contributed by atoms with E-state index in [1.807, 2.05) is 56.5 Å². The van der Waals surface area contributed by atoms with Gasteiger partial charge >= 0.3 is 0 Å². The van der Waals surface area contributed by atoms with Crippen molar-refractivity contribution in [3.63, 3.8) is 0 Å². The number of amides is 2. The number of hydrogen-bond donors (Lipinski definition) is 2. The van der Waals surface area contributed by atoms with E-state index in [4.69, 9.17) is 12.2 Å². The highest BCUT2D eigenvalue weighted by molar-refractivity contribution is 7.71. The van der Waals surface area contributed by atoms with Gasteiger partial charge in [-0.1, -0.05) is 23.8 Å². The average molecular weight is 390 g/mol. The lowest BCUT2D eigenvalue weighted by Gasteiger charge is -2.23. The molecule has 0 saturated heterocycles. The van der Waals surface area contributed by atoms with Crippen molar-refractivity contribution in [1.29, 1.82) is 0 Å². The molecule has 0 aliphatic rings. The molecule has 0 atom stereocenters. The van der Waals surface area contributed by atoms with Gasteiger partial charge in [0.2, 0.25) is 11.8 Å². The molecule has 1 heterocycles. The van der Waals surface area contributed by atoms with Crippen molar-refractivity contribution in [1.82, 2.24) is 25.0 Å². The minimum atomic E-state index is -0.326. The molecule has 2 aromatic rings. The third-order valence-corrected chi connectivity index (χ3v) is 4.22. The van der Waals surface area contributed by atoms with E-state index in [2.05, 4.69) is 15.5 Å². The van der Waals surface area contributed by atoms with Crippen LogP contribution in [0.4, 0.5) is 0 Å². The Morgan fingerprint density at radius 3 is 2.67 bits per heavy atom. The van der Waals surface area contributed by atoms with Crippen LogP contribution in [0, 0.1) is 11.7 Å². The summed E-state index contributed by atoms with van der Waals surface area (Å²) in [6, 6.07) is 7.95. The number of benzene rings is 1. The molecule has 7 nitrogen and oxygen atoms in total. The highest BCUT2D eigenvalue weighted by Gasteiger charge is 2.18. The van der Waals surface area contributed by atoms with Crippen molar-refractivity contribution in [2.75, 3.05) is 13.6 Å². The first-order chi connectivity index (χ1) is 12.6. The van der Waals surface area contributed by atoms with E-state index in [1.54, 1.807) is 7.05 Å². The van der Waals surface area contributed by atoms with Gasteiger partial charge in [0.15, 0.2) is 10.6 Å². The summed E-state index contributed by atoms with van der Waals surface area (Å²) in [5.74, 6) is 0.390. The van der Waals surface area contributed by atoms with Gasteiger partial charge < -0.3 is 10.2 Å². The van der Waals surface area contributed by atoms with Gasteiger partial charge in [0.05, 0.1) is 6.54 Å². The predicted molar refractivity (Wildman–Crippen MR) is 108 cm³/mol. The lowest BCUT2D eigenvalue weighted by atomic mass is 10.1. The van der Waals surface area contributed by atoms with Crippen LogP contribution in [0.3, 0.4) is 0 Å². The molecule has 2 N–H and O–H groups in total. The molecule has 27 heavy (non-hydrogen) atoms. The molecular formula is C19H27N5O2S. The zero-order chi connectivity index (χ0) is 20.2. The smallest absolute Gasteiger partial charge is 0.240 e. The Hall–Kier alpha value is -2.48. The molecule has 146 valence electrons. The Morgan fingerprint density at radius 1 is 1.33 bits per heavy atom. The van der Waals surface area contributed by atoms with Crippen molar-refractivity contribution < 1.29 is 9.59 Å². The van der Waals surface area contributed by atoms with Gasteiger partial charge in [-0.25, -0.2) is 0 Å². The fourth-order valence-corrected chi connectivity index (χ4v) is 2.91. The van der Waals surface area contributed by atoms with E-state index in [-0.39, 0.29) is 30.3 Å². The standard InChI is InChI=1S/C19H27N5O2S/c1-13-7-6-8-14(11-13)17-21-22-18(27)24(17)10-9-16(26)23(5)12-15(25)20-19(2,3)4/h6-8,11H,9-10,12H2,1-5H3,(H,20,25)(H,22,27). The molecule has 0 fully saturated rings. The maximum atomic E-state index is 12.4. The number of rotatable bonds is 6. The van der Waals surface area contributed by atoms with E-state index >= 15 is 0 Å². The van der Waals surface area contributed by atoms with Crippen LogP contribution in [0.2, 0.25) is 0 Å². The summed E-state index contributed by atoms with van der Waals surface area (Å²) in [7, 11) is 1.63. The molecule has 2 amide bonds. The third kappa shape index (κ3) is 6.02. The van der Waals surface area contributed by atoms with Crippen molar-refractivity contribution in [2.24, 2.45) is 0 Å². The van der Waals surface area contributed by atoms with Crippen molar-refractivity contribution in [2.45, 2.75) is 46.2 Å². The van der Waals surface area contributed by atoms with E-state index in [0.29, 0.717) is 17.1 Å².